The SMILES string of the molecule is CCC(=O)Nc1cn(CC(=O)Nc2cc(C(F)(F)F)ccc2OC)nn1. The van der Waals surface area contributed by atoms with Gasteiger partial charge < -0.3 is 15.4 Å². The van der Waals surface area contributed by atoms with Crippen molar-refractivity contribution in [3.05, 3.63) is 30.0 Å². The Kier molecular flexibility index (Phi) is 5.80. The van der Waals surface area contributed by atoms with Crippen LogP contribution in [0.1, 0.15) is 18.9 Å². The quantitative estimate of drug-likeness (QED) is 0.812. The van der Waals surface area contributed by atoms with Crippen molar-refractivity contribution < 1.29 is 27.5 Å². The van der Waals surface area contributed by atoms with Crippen molar-refractivity contribution in [1.82, 2.24) is 15.0 Å². The fourth-order valence-electron chi connectivity index (χ4n) is 1.98. The fraction of sp³-hybridized carbons (Fsp3) is 0.333. The van der Waals surface area contributed by atoms with Gasteiger partial charge in [-0.05, 0) is 18.2 Å². The molecule has 2 rings (SSSR count). The Morgan fingerprint density at radius 2 is 1.96 bits per heavy atom. The number of carbonyl (C=O) groups excluding carboxylic acids is 2. The van der Waals surface area contributed by atoms with Crippen LogP contribution >= 0.6 is 0 Å². The van der Waals surface area contributed by atoms with Crippen molar-refractivity contribution in [1.29, 1.82) is 0 Å². The molecule has 0 saturated carbocycles. The summed E-state index contributed by atoms with van der Waals surface area (Å²) in [6.45, 7) is 1.35. The summed E-state index contributed by atoms with van der Waals surface area (Å²) in [6, 6.07) is 2.76. The summed E-state index contributed by atoms with van der Waals surface area (Å²) >= 11 is 0. The van der Waals surface area contributed by atoms with Gasteiger partial charge >= 0.3 is 6.18 Å². The minimum atomic E-state index is -4.55. The summed E-state index contributed by atoms with van der Waals surface area (Å²) in [5.74, 6) is -0.654. The van der Waals surface area contributed by atoms with Gasteiger partial charge in [0, 0.05) is 6.42 Å². The molecular weight excluding hydrogens is 355 g/mol. The van der Waals surface area contributed by atoms with Crippen LogP contribution in [0.5, 0.6) is 5.75 Å². The number of nitrogens with zero attached hydrogens (tertiary/aromatic N) is 3. The lowest BCUT2D eigenvalue weighted by molar-refractivity contribution is -0.137. The van der Waals surface area contributed by atoms with Gasteiger partial charge in [-0.1, -0.05) is 12.1 Å². The fourth-order valence-corrected chi connectivity index (χ4v) is 1.98. The molecule has 0 fully saturated rings. The van der Waals surface area contributed by atoms with Crippen molar-refractivity contribution in [2.24, 2.45) is 0 Å². The van der Waals surface area contributed by atoms with E-state index in [1.807, 2.05) is 0 Å². The van der Waals surface area contributed by atoms with Gasteiger partial charge in [-0.25, -0.2) is 4.68 Å². The minimum Gasteiger partial charge on any atom is -0.495 e. The largest absolute Gasteiger partial charge is 0.495 e. The molecule has 8 nitrogen and oxygen atoms in total. The lowest BCUT2D eigenvalue weighted by Crippen LogP contribution is -2.20. The molecule has 0 spiro atoms. The summed E-state index contributed by atoms with van der Waals surface area (Å²) in [5, 5.41) is 12.1. The van der Waals surface area contributed by atoms with Crippen molar-refractivity contribution >= 4 is 23.3 Å². The first-order chi connectivity index (χ1) is 12.2. The van der Waals surface area contributed by atoms with Gasteiger partial charge in [0.1, 0.15) is 12.3 Å². The number of hydrogen-bond donors (Lipinski definition) is 2. The van der Waals surface area contributed by atoms with Crippen molar-refractivity contribution in [2.75, 3.05) is 17.7 Å². The maximum atomic E-state index is 12.8. The van der Waals surface area contributed by atoms with Crippen LogP contribution in [0.3, 0.4) is 0 Å². The first kappa shape index (κ1) is 19.2. The smallest absolute Gasteiger partial charge is 0.416 e. The highest BCUT2D eigenvalue weighted by Crippen LogP contribution is 2.34. The average Bonchev–Trinajstić information content (AvgIpc) is 3.00. The monoisotopic (exact) mass is 371 g/mol. The predicted octanol–water partition coefficient (Wildman–Crippen LogP) is 2.29. The Morgan fingerprint density at radius 3 is 2.58 bits per heavy atom. The van der Waals surface area contributed by atoms with Crippen LogP contribution < -0.4 is 15.4 Å². The average molecular weight is 371 g/mol. The van der Waals surface area contributed by atoms with Crippen LogP contribution in [0.4, 0.5) is 24.7 Å². The molecule has 26 heavy (non-hydrogen) atoms. The van der Waals surface area contributed by atoms with Gasteiger partial charge in [-0.2, -0.15) is 13.2 Å². The molecule has 0 atom stereocenters. The molecule has 140 valence electrons. The van der Waals surface area contributed by atoms with E-state index in [4.69, 9.17) is 4.74 Å². The Bertz CT molecular complexity index is 804. The van der Waals surface area contributed by atoms with Crippen LogP contribution in [0.2, 0.25) is 0 Å². The highest BCUT2D eigenvalue weighted by atomic mass is 19.4. The molecule has 0 saturated heterocycles. The maximum Gasteiger partial charge on any atom is 0.416 e. The second-order valence-electron chi connectivity index (χ2n) is 5.16. The maximum absolute atomic E-state index is 12.8. The number of nitrogens with one attached hydrogen (secondary N) is 2. The number of ether oxygens (including phenoxy) is 1. The minimum absolute atomic E-state index is 0.0841. The van der Waals surface area contributed by atoms with Gasteiger partial charge in [-0.15, -0.1) is 5.10 Å². The van der Waals surface area contributed by atoms with E-state index in [-0.39, 0.29) is 36.1 Å². The van der Waals surface area contributed by atoms with Crippen LogP contribution in [-0.4, -0.2) is 33.9 Å². The molecule has 0 bridgehead atoms. The number of hydrogen-bond acceptors (Lipinski definition) is 5. The van der Waals surface area contributed by atoms with Crippen LogP contribution in [0.25, 0.3) is 0 Å². The number of methoxy groups -OCH3 is 1. The van der Waals surface area contributed by atoms with E-state index in [0.29, 0.717) is 0 Å². The molecular formula is C15H16F3N5O3. The molecule has 0 aliphatic heterocycles. The Hall–Kier alpha value is -3.11. The lowest BCUT2D eigenvalue weighted by Gasteiger charge is -2.13. The second kappa shape index (κ2) is 7.85. The van der Waals surface area contributed by atoms with E-state index < -0.39 is 17.6 Å². The number of amides is 2. The summed E-state index contributed by atoms with van der Waals surface area (Å²) in [7, 11) is 1.28. The molecule has 11 heteroatoms. The second-order valence-corrected chi connectivity index (χ2v) is 5.16. The number of benzene rings is 1. The summed E-state index contributed by atoms with van der Waals surface area (Å²) in [5.41, 5.74) is -1.04. The number of halogens is 3. The van der Waals surface area contributed by atoms with Gasteiger partial charge in [0.25, 0.3) is 0 Å². The summed E-state index contributed by atoms with van der Waals surface area (Å²) in [6.07, 6.45) is -2.97. The first-order valence-electron chi connectivity index (χ1n) is 7.48. The standard InChI is InChI=1S/C15H16F3N5O3/c1-3-13(24)20-12-7-23(22-21-12)8-14(25)19-10-6-9(15(16,17)18)4-5-11(10)26-2/h4-7H,3,8H2,1-2H3,(H,19,25)(H,20,24). The van der Waals surface area contributed by atoms with Crippen LogP contribution in [-0.2, 0) is 22.3 Å². The highest BCUT2D eigenvalue weighted by molar-refractivity contribution is 5.92. The third-order valence-corrected chi connectivity index (χ3v) is 3.23. The lowest BCUT2D eigenvalue weighted by atomic mass is 10.1. The number of aromatic nitrogens is 3. The summed E-state index contributed by atoms with van der Waals surface area (Å²) in [4.78, 5) is 23.3. The molecule has 0 aliphatic rings. The molecule has 2 aromatic rings. The summed E-state index contributed by atoms with van der Waals surface area (Å²) < 4.78 is 44.5. The van der Waals surface area contributed by atoms with Gasteiger partial charge in [0.05, 0.1) is 24.6 Å². The molecule has 1 heterocycles. The predicted molar refractivity (Wildman–Crippen MR) is 85.6 cm³/mol. The zero-order chi connectivity index (χ0) is 19.3. The number of alkyl halides is 3. The highest BCUT2D eigenvalue weighted by Gasteiger charge is 2.31. The Labute approximate surface area is 146 Å². The van der Waals surface area contributed by atoms with Crippen LogP contribution in [0, 0.1) is 0 Å². The number of anilines is 2. The Balaban J connectivity index is 2.09. The molecule has 2 N–H and O–H groups in total. The van der Waals surface area contributed by atoms with E-state index in [2.05, 4.69) is 20.9 Å². The topological polar surface area (TPSA) is 98.1 Å². The van der Waals surface area contributed by atoms with Crippen LogP contribution in [0.15, 0.2) is 24.4 Å². The van der Waals surface area contributed by atoms with Gasteiger partial charge in [0.15, 0.2) is 5.82 Å². The van der Waals surface area contributed by atoms with E-state index in [0.717, 1.165) is 22.9 Å². The number of carbonyl (C=O) groups is 2. The van der Waals surface area contributed by atoms with E-state index >= 15 is 0 Å². The third-order valence-electron chi connectivity index (χ3n) is 3.23. The molecule has 2 amide bonds. The van der Waals surface area contributed by atoms with Gasteiger partial charge in [-0.3, -0.25) is 9.59 Å². The Morgan fingerprint density at radius 1 is 1.23 bits per heavy atom. The molecule has 0 aliphatic carbocycles. The zero-order valence-electron chi connectivity index (χ0n) is 13.9. The molecule has 1 aromatic carbocycles. The van der Waals surface area contributed by atoms with Crippen molar-refractivity contribution in [2.45, 2.75) is 26.1 Å². The van der Waals surface area contributed by atoms with E-state index in [1.54, 1.807) is 6.92 Å². The normalized spacial score (nSPS) is 11.1. The molecule has 0 unspecified atom stereocenters. The zero-order valence-corrected chi connectivity index (χ0v) is 13.9. The molecule has 1 aromatic heterocycles. The number of rotatable bonds is 6. The van der Waals surface area contributed by atoms with Crippen molar-refractivity contribution in [3.63, 3.8) is 0 Å². The van der Waals surface area contributed by atoms with Gasteiger partial charge in [0.2, 0.25) is 11.8 Å². The van der Waals surface area contributed by atoms with Crippen molar-refractivity contribution in [3.8, 4) is 5.75 Å². The third kappa shape index (κ3) is 4.94. The van der Waals surface area contributed by atoms with E-state index in [1.165, 1.54) is 13.3 Å². The van der Waals surface area contributed by atoms with E-state index in [9.17, 15) is 22.8 Å². The molecule has 0 radical (unpaired) electrons. The first-order valence-corrected chi connectivity index (χ1v) is 7.48.